The molecule has 0 fully saturated rings. The number of hydrogen-bond donors (Lipinski definition) is 2. The highest BCUT2D eigenvalue weighted by molar-refractivity contribution is 5.60. The van der Waals surface area contributed by atoms with Crippen molar-refractivity contribution < 1.29 is 10.0 Å². The van der Waals surface area contributed by atoms with Crippen LogP contribution >= 0.6 is 0 Å². The summed E-state index contributed by atoms with van der Waals surface area (Å²) in [6, 6.07) is 0. The molecule has 1 atom stereocenters. The molecule has 0 amide bonds. The summed E-state index contributed by atoms with van der Waals surface area (Å²) < 4.78 is 1.60. The van der Waals surface area contributed by atoms with Crippen LogP contribution in [0.1, 0.15) is 39.3 Å². The standard InChI is InChI=1S/C12H22N4O3/c1-5-12(4,7-8-17)13-11-10(16(18)19)9(3)14-15(11)6-2/h13,17H,5-8H2,1-4H3. The first kappa shape index (κ1) is 15.4. The first-order chi connectivity index (χ1) is 8.88. The van der Waals surface area contributed by atoms with Gasteiger partial charge in [0.2, 0.25) is 5.82 Å². The Kier molecular flexibility index (Phi) is 4.88. The summed E-state index contributed by atoms with van der Waals surface area (Å²) in [7, 11) is 0. The highest BCUT2D eigenvalue weighted by atomic mass is 16.6. The van der Waals surface area contributed by atoms with E-state index in [1.165, 1.54) is 0 Å². The lowest BCUT2D eigenvalue weighted by Gasteiger charge is -2.29. The zero-order valence-electron chi connectivity index (χ0n) is 11.9. The largest absolute Gasteiger partial charge is 0.396 e. The summed E-state index contributed by atoms with van der Waals surface area (Å²) in [6.07, 6.45) is 1.27. The van der Waals surface area contributed by atoms with Crippen molar-refractivity contribution in [3.05, 3.63) is 15.8 Å². The molecule has 0 aliphatic rings. The molecule has 1 aromatic heterocycles. The van der Waals surface area contributed by atoms with Crippen LogP contribution in [0.3, 0.4) is 0 Å². The van der Waals surface area contributed by atoms with Crippen molar-refractivity contribution in [2.45, 2.75) is 52.6 Å². The topological polar surface area (TPSA) is 93.2 Å². The van der Waals surface area contributed by atoms with Crippen LogP contribution in [0.5, 0.6) is 0 Å². The van der Waals surface area contributed by atoms with Crippen LogP contribution in [-0.2, 0) is 6.54 Å². The number of aromatic nitrogens is 2. The van der Waals surface area contributed by atoms with Gasteiger partial charge in [0.25, 0.3) is 0 Å². The van der Waals surface area contributed by atoms with Gasteiger partial charge in [0.05, 0.1) is 4.92 Å². The number of nitrogens with zero attached hydrogens (tertiary/aromatic N) is 3. The Bertz CT molecular complexity index is 458. The molecule has 1 unspecified atom stereocenters. The van der Waals surface area contributed by atoms with Gasteiger partial charge in [-0.3, -0.25) is 10.1 Å². The van der Waals surface area contributed by atoms with Crippen LogP contribution in [0.2, 0.25) is 0 Å². The molecule has 7 heteroatoms. The normalized spacial score (nSPS) is 14.2. The van der Waals surface area contributed by atoms with Crippen molar-refractivity contribution in [1.29, 1.82) is 0 Å². The SMILES string of the molecule is CCn1nc(C)c([N+](=O)[O-])c1NC(C)(CC)CCO. The lowest BCUT2D eigenvalue weighted by Crippen LogP contribution is -2.36. The summed E-state index contributed by atoms with van der Waals surface area (Å²) in [4.78, 5) is 10.8. The third-order valence-electron chi connectivity index (χ3n) is 3.44. The van der Waals surface area contributed by atoms with Crippen LogP contribution in [0.25, 0.3) is 0 Å². The van der Waals surface area contributed by atoms with E-state index in [-0.39, 0.29) is 17.8 Å². The van der Waals surface area contributed by atoms with E-state index >= 15 is 0 Å². The number of aryl methyl sites for hydroxylation is 2. The Labute approximate surface area is 112 Å². The summed E-state index contributed by atoms with van der Waals surface area (Å²) >= 11 is 0. The molecule has 0 aliphatic carbocycles. The maximum Gasteiger partial charge on any atom is 0.333 e. The highest BCUT2D eigenvalue weighted by Crippen LogP contribution is 2.32. The quantitative estimate of drug-likeness (QED) is 0.584. The van der Waals surface area contributed by atoms with Gasteiger partial charge in [-0.15, -0.1) is 0 Å². The predicted molar refractivity (Wildman–Crippen MR) is 73.3 cm³/mol. The van der Waals surface area contributed by atoms with Crippen LogP contribution in [-0.4, -0.2) is 32.0 Å². The van der Waals surface area contributed by atoms with Crippen LogP contribution in [0, 0.1) is 17.0 Å². The number of hydrogen-bond acceptors (Lipinski definition) is 5. The van der Waals surface area contributed by atoms with E-state index in [0.717, 1.165) is 6.42 Å². The Hall–Kier alpha value is -1.63. The number of nitrogens with one attached hydrogen (secondary N) is 1. The summed E-state index contributed by atoms with van der Waals surface area (Å²) in [5, 5.41) is 27.7. The van der Waals surface area contributed by atoms with Crippen molar-refractivity contribution in [3.63, 3.8) is 0 Å². The zero-order valence-corrected chi connectivity index (χ0v) is 11.9. The summed E-state index contributed by atoms with van der Waals surface area (Å²) in [5.74, 6) is 0.419. The molecule has 1 aromatic rings. The average Bonchev–Trinajstić information content (AvgIpc) is 2.65. The van der Waals surface area contributed by atoms with Crippen molar-refractivity contribution in [3.8, 4) is 0 Å². The van der Waals surface area contributed by atoms with Crippen molar-refractivity contribution in [2.75, 3.05) is 11.9 Å². The molecular weight excluding hydrogens is 248 g/mol. The molecule has 1 rings (SSSR count). The number of aliphatic hydroxyl groups excluding tert-OH is 1. The van der Waals surface area contributed by atoms with Crippen LogP contribution in [0.15, 0.2) is 0 Å². The summed E-state index contributed by atoms with van der Waals surface area (Å²) in [5.41, 5.74) is 0.0232. The van der Waals surface area contributed by atoms with Gasteiger partial charge >= 0.3 is 5.69 Å². The molecular formula is C12H22N4O3. The van der Waals surface area contributed by atoms with Gasteiger partial charge in [-0.25, -0.2) is 4.68 Å². The second-order valence-corrected chi connectivity index (χ2v) is 4.87. The molecule has 108 valence electrons. The van der Waals surface area contributed by atoms with Gasteiger partial charge < -0.3 is 10.4 Å². The molecule has 0 spiro atoms. The molecule has 19 heavy (non-hydrogen) atoms. The lowest BCUT2D eigenvalue weighted by atomic mass is 9.95. The van der Waals surface area contributed by atoms with Gasteiger partial charge in [-0.1, -0.05) is 6.92 Å². The highest BCUT2D eigenvalue weighted by Gasteiger charge is 2.30. The van der Waals surface area contributed by atoms with Gasteiger partial charge in [-0.05, 0) is 33.6 Å². The smallest absolute Gasteiger partial charge is 0.333 e. The van der Waals surface area contributed by atoms with Gasteiger partial charge in [0.15, 0.2) is 0 Å². The van der Waals surface area contributed by atoms with Crippen LogP contribution < -0.4 is 5.32 Å². The molecule has 7 nitrogen and oxygen atoms in total. The summed E-state index contributed by atoms with van der Waals surface area (Å²) in [6.45, 7) is 8.02. The molecule has 0 saturated heterocycles. The lowest BCUT2D eigenvalue weighted by molar-refractivity contribution is -0.384. The molecule has 0 saturated carbocycles. The minimum absolute atomic E-state index is 0.0134. The number of rotatable bonds is 7. The number of aliphatic hydroxyl groups is 1. The average molecular weight is 270 g/mol. The fourth-order valence-corrected chi connectivity index (χ4v) is 2.00. The monoisotopic (exact) mass is 270 g/mol. The molecule has 0 radical (unpaired) electrons. The maximum absolute atomic E-state index is 11.2. The fourth-order valence-electron chi connectivity index (χ4n) is 2.00. The second-order valence-electron chi connectivity index (χ2n) is 4.87. The minimum Gasteiger partial charge on any atom is -0.396 e. The second kappa shape index (κ2) is 6.01. The van der Waals surface area contributed by atoms with E-state index in [1.807, 2.05) is 20.8 Å². The molecule has 0 bridgehead atoms. The Balaban J connectivity index is 3.21. The van der Waals surface area contributed by atoms with Gasteiger partial charge in [0.1, 0.15) is 5.69 Å². The van der Waals surface area contributed by atoms with E-state index in [2.05, 4.69) is 10.4 Å². The Morgan fingerprint density at radius 1 is 1.53 bits per heavy atom. The van der Waals surface area contributed by atoms with Crippen LogP contribution in [0.4, 0.5) is 11.5 Å². The first-order valence-electron chi connectivity index (χ1n) is 6.49. The van der Waals surface area contributed by atoms with E-state index < -0.39 is 4.92 Å². The first-order valence-corrected chi connectivity index (χ1v) is 6.49. The van der Waals surface area contributed by atoms with Crippen molar-refractivity contribution in [2.24, 2.45) is 0 Å². The van der Waals surface area contributed by atoms with E-state index in [0.29, 0.717) is 24.5 Å². The molecule has 1 heterocycles. The Morgan fingerprint density at radius 2 is 2.16 bits per heavy atom. The zero-order chi connectivity index (χ0) is 14.6. The fraction of sp³-hybridized carbons (Fsp3) is 0.750. The minimum atomic E-state index is -0.411. The van der Waals surface area contributed by atoms with Crippen molar-refractivity contribution >= 4 is 11.5 Å². The maximum atomic E-state index is 11.2. The molecule has 2 N–H and O–H groups in total. The van der Waals surface area contributed by atoms with Gasteiger partial charge in [-0.2, -0.15) is 5.10 Å². The van der Waals surface area contributed by atoms with Crippen molar-refractivity contribution in [1.82, 2.24) is 9.78 Å². The number of anilines is 1. The Morgan fingerprint density at radius 3 is 2.58 bits per heavy atom. The third kappa shape index (κ3) is 3.23. The van der Waals surface area contributed by atoms with E-state index in [1.54, 1.807) is 11.6 Å². The van der Waals surface area contributed by atoms with Gasteiger partial charge in [0, 0.05) is 18.7 Å². The predicted octanol–water partition coefficient (Wildman–Crippen LogP) is 2.08. The molecule has 0 aliphatic heterocycles. The van der Waals surface area contributed by atoms with E-state index in [4.69, 9.17) is 5.11 Å². The van der Waals surface area contributed by atoms with E-state index in [9.17, 15) is 10.1 Å². The third-order valence-corrected chi connectivity index (χ3v) is 3.44. The number of nitro groups is 1. The molecule has 0 aromatic carbocycles.